The Balaban J connectivity index is 1.69. The number of aliphatic hydroxyl groups excluding tert-OH is 2. The minimum Gasteiger partial charge on any atom is -0.457 e. The van der Waals surface area contributed by atoms with Crippen LogP contribution in [0.2, 0.25) is 0 Å². The molecule has 0 aromatic carbocycles. The molecule has 2 N–H and O–H groups in total. The van der Waals surface area contributed by atoms with Gasteiger partial charge in [0.15, 0.2) is 12.4 Å². The topological polar surface area (TPSA) is 85.2 Å². The molecular weight excluding hydrogens is 420 g/mol. The fraction of sp³-hybridized carbons (Fsp3) is 0.741. The third-order valence-electron chi connectivity index (χ3n) is 7.53. The zero-order valence-corrected chi connectivity index (χ0v) is 20.7. The van der Waals surface area contributed by atoms with Gasteiger partial charge in [0.2, 0.25) is 0 Å². The van der Waals surface area contributed by atoms with Crippen LogP contribution in [0.1, 0.15) is 66.2 Å². The summed E-state index contributed by atoms with van der Waals surface area (Å²) in [4.78, 5) is 11.2. The standard InChI is InChI=1S/C27H42O6/c1-16(2)7-6-8-20(22-12-10-18(4)21-11-9-17(3)13-23(21)22)14-31-27-26(30)25(29)24(15-32-27)33-19(5)28/h7,13,20-27,29-30H,4,6,8-12,14-15H2,1-3,5H3/t20?,21-,22+,23-,24+,25-,26+,27+/m1/s1. The van der Waals surface area contributed by atoms with E-state index in [1.807, 2.05) is 0 Å². The van der Waals surface area contributed by atoms with E-state index in [9.17, 15) is 15.0 Å². The summed E-state index contributed by atoms with van der Waals surface area (Å²) < 4.78 is 16.8. The van der Waals surface area contributed by atoms with Crippen molar-refractivity contribution in [3.8, 4) is 0 Å². The quantitative estimate of drug-likeness (QED) is 0.413. The van der Waals surface area contributed by atoms with Crippen molar-refractivity contribution >= 4 is 5.97 Å². The predicted molar refractivity (Wildman–Crippen MR) is 127 cm³/mol. The molecule has 1 unspecified atom stereocenters. The second-order valence-electron chi connectivity index (χ2n) is 10.4. The van der Waals surface area contributed by atoms with Gasteiger partial charge in [-0.25, -0.2) is 0 Å². The Hall–Kier alpha value is -1.47. The summed E-state index contributed by atoms with van der Waals surface area (Å²) in [5.41, 5.74) is 4.16. The lowest BCUT2D eigenvalue weighted by Crippen LogP contribution is -2.55. The van der Waals surface area contributed by atoms with Gasteiger partial charge in [0.1, 0.15) is 12.2 Å². The molecule has 186 valence electrons. The zero-order valence-electron chi connectivity index (χ0n) is 20.7. The van der Waals surface area contributed by atoms with Crippen molar-refractivity contribution in [2.24, 2.45) is 23.7 Å². The molecule has 1 heterocycles. The third-order valence-corrected chi connectivity index (χ3v) is 7.53. The number of hydrogen-bond acceptors (Lipinski definition) is 6. The molecule has 6 nitrogen and oxygen atoms in total. The molecule has 6 heteroatoms. The van der Waals surface area contributed by atoms with Gasteiger partial charge in [-0.05, 0) is 83.0 Å². The number of esters is 1. The van der Waals surface area contributed by atoms with E-state index in [1.54, 1.807) is 0 Å². The number of fused-ring (bicyclic) bond motifs is 1. The first kappa shape index (κ1) is 26.1. The normalized spacial score (nSPS) is 35.3. The van der Waals surface area contributed by atoms with E-state index >= 15 is 0 Å². The van der Waals surface area contributed by atoms with Crippen molar-refractivity contribution in [2.45, 2.75) is 90.8 Å². The molecule has 8 atom stereocenters. The molecule has 3 rings (SSSR count). The van der Waals surface area contributed by atoms with Crippen molar-refractivity contribution in [3.63, 3.8) is 0 Å². The molecule has 1 aliphatic heterocycles. The largest absolute Gasteiger partial charge is 0.457 e. The molecule has 0 radical (unpaired) electrons. The fourth-order valence-corrected chi connectivity index (χ4v) is 5.74. The van der Waals surface area contributed by atoms with Crippen LogP contribution < -0.4 is 0 Å². The lowest BCUT2D eigenvalue weighted by atomic mass is 9.61. The van der Waals surface area contributed by atoms with Gasteiger partial charge in [0, 0.05) is 6.92 Å². The summed E-state index contributed by atoms with van der Waals surface area (Å²) in [5.74, 6) is 1.30. The van der Waals surface area contributed by atoms with Crippen LogP contribution in [-0.4, -0.2) is 54.0 Å². The highest BCUT2D eigenvalue weighted by Gasteiger charge is 2.43. The Morgan fingerprint density at radius 1 is 1.24 bits per heavy atom. The number of hydrogen-bond donors (Lipinski definition) is 2. The Morgan fingerprint density at radius 2 is 2.00 bits per heavy atom. The van der Waals surface area contributed by atoms with Crippen LogP contribution in [0.25, 0.3) is 0 Å². The molecule has 1 saturated heterocycles. The number of carbonyl (C=O) groups excluding carboxylic acids is 1. The molecule has 33 heavy (non-hydrogen) atoms. The van der Waals surface area contributed by atoms with E-state index in [1.165, 1.54) is 30.1 Å². The minimum absolute atomic E-state index is 0.000785. The minimum atomic E-state index is -1.27. The molecule has 0 aromatic heterocycles. The first-order valence-corrected chi connectivity index (χ1v) is 12.4. The van der Waals surface area contributed by atoms with Crippen LogP contribution in [0.15, 0.2) is 35.5 Å². The van der Waals surface area contributed by atoms with Crippen LogP contribution in [0.3, 0.4) is 0 Å². The van der Waals surface area contributed by atoms with E-state index < -0.39 is 30.6 Å². The smallest absolute Gasteiger partial charge is 0.303 e. The summed E-state index contributed by atoms with van der Waals surface area (Å²) >= 11 is 0. The van der Waals surface area contributed by atoms with Crippen molar-refractivity contribution < 1.29 is 29.2 Å². The average Bonchev–Trinajstić information content (AvgIpc) is 2.75. The van der Waals surface area contributed by atoms with Gasteiger partial charge in [-0.15, -0.1) is 0 Å². The maximum absolute atomic E-state index is 11.2. The van der Waals surface area contributed by atoms with Crippen LogP contribution in [0.4, 0.5) is 0 Å². The van der Waals surface area contributed by atoms with Gasteiger partial charge < -0.3 is 24.4 Å². The van der Waals surface area contributed by atoms with Gasteiger partial charge in [0.05, 0.1) is 13.2 Å². The van der Waals surface area contributed by atoms with Crippen LogP contribution in [0.5, 0.6) is 0 Å². The molecule has 0 aromatic rings. The Bertz CT molecular complexity index is 752. The molecule has 1 saturated carbocycles. The molecular formula is C27H42O6. The summed E-state index contributed by atoms with van der Waals surface area (Å²) in [5, 5.41) is 20.9. The summed E-state index contributed by atoms with van der Waals surface area (Å²) in [6.07, 6.45) is 6.89. The average molecular weight is 463 g/mol. The lowest BCUT2D eigenvalue weighted by molar-refractivity contribution is -0.276. The Kier molecular flexibility index (Phi) is 9.34. The monoisotopic (exact) mass is 462 g/mol. The van der Waals surface area contributed by atoms with E-state index in [0.717, 1.165) is 32.1 Å². The number of ether oxygens (including phenoxy) is 3. The second-order valence-corrected chi connectivity index (χ2v) is 10.4. The molecule has 2 fully saturated rings. The third kappa shape index (κ3) is 6.78. The van der Waals surface area contributed by atoms with Gasteiger partial charge in [-0.2, -0.15) is 0 Å². The van der Waals surface area contributed by atoms with E-state index in [0.29, 0.717) is 30.3 Å². The second kappa shape index (κ2) is 11.8. The summed E-state index contributed by atoms with van der Waals surface area (Å²) in [6, 6.07) is 0. The zero-order chi connectivity index (χ0) is 24.1. The predicted octanol–water partition coefficient (Wildman–Crippen LogP) is 4.31. The highest BCUT2D eigenvalue weighted by atomic mass is 16.7. The van der Waals surface area contributed by atoms with Crippen LogP contribution >= 0.6 is 0 Å². The van der Waals surface area contributed by atoms with Crippen LogP contribution in [-0.2, 0) is 19.0 Å². The van der Waals surface area contributed by atoms with E-state index in [-0.39, 0.29) is 6.61 Å². The van der Waals surface area contributed by atoms with Gasteiger partial charge in [-0.3, -0.25) is 4.79 Å². The Labute approximate surface area is 198 Å². The number of carbonyl (C=O) groups is 1. The maximum atomic E-state index is 11.2. The van der Waals surface area contributed by atoms with E-state index in [4.69, 9.17) is 14.2 Å². The van der Waals surface area contributed by atoms with Gasteiger partial charge >= 0.3 is 5.97 Å². The highest BCUT2D eigenvalue weighted by molar-refractivity contribution is 5.66. The number of rotatable bonds is 8. The Morgan fingerprint density at radius 3 is 2.70 bits per heavy atom. The van der Waals surface area contributed by atoms with Crippen molar-refractivity contribution in [3.05, 3.63) is 35.5 Å². The highest BCUT2D eigenvalue weighted by Crippen LogP contribution is 2.48. The molecule has 0 bridgehead atoms. The van der Waals surface area contributed by atoms with E-state index in [2.05, 4.69) is 39.5 Å². The molecule has 0 spiro atoms. The summed E-state index contributed by atoms with van der Waals surface area (Å²) in [7, 11) is 0. The SMILES string of the molecule is C=C1CC[C@@H](C(CCC=C(C)C)CO[C@H]2OC[C@H](OC(C)=O)[C@@H](O)[C@@H]2O)[C@@H]2C=C(C)CC[C@H]12. The first-order valence-electron chi connectivity index (χ1n) is 12.4. The van der Waals surface area contributed by atoms with Crippen LogP contribution in [0, 0.1) is 23.7 Å². The number of aliphatic hydroxyl groups is 2. The molecule has 2 aliphatic carbocycles. The lowest BCUT2D eigenvalue weighted by Gasteiger charge is -2.45. The van der Waals surface area contributed by atoms with Crippen molar-refractivity contribution in [1.82, 2.24) is 0 Å². The van der Waals surface area contributed by atoms with Crippen molar-refractivity contribution in [1.29, 1.82) is 0 Å². The maximum Gasteiger partial charge on any atom is 0.303 e. The first-order chi connectivity index (χ1) is 15.7. The summed E-state index contributed by atoms with van der Waals surface area (Å²) in [6.45, 7) is 12.6. The molecule has 0 amide bonds. The van der Waals surface area contributed by atoms with Gasteiger partial charge in [-0.1, -0.05) is 35.5 Å². The van der Waals surface area contributed by atoms with Gasteiger partial charge in [0.25, 0.3) is 0 Å². The fourth-order valence-electron chi connectivity index (χ4n) is 5.74. The molecule has 3 aliphatic rings. The van der Waals surface area contributed by atoms with Crippen molar-refractivity contribution in [2.75, 3.05) is 13.2 Å². The number of allylic oxidation sites excluding steroid dienone is 5.